The number of nitrogens with zero attached hydrogens (tertiary/aromatic N) is 1. The SMILES string of the molecule is COC1COC(C#N)C1OC(=O)C1CCCCC1. The number of carbonyl (C=O) groups excluding carboxylic acids is 1. The number of esters is 1. The fourth-order valence-corrected chi connectivity index (χ4v) is 2.60. The van der Waals surface area contributed by atoms with Gasteiger partial charge < -0.3 is 14.2 Å². The lowest BCUT2D eigenvalue weighted by Crippen LogP contribution is -2.37. The molecule has 1 heterocycles. The lowest BCUT2D eigenvalue weighted by molar-refractivity contribution is -0.161. The summed E-state index contributed by atoms with van der Waals surface area (Å²) in [6, 6.07) is 2.01. The third-order valence-corrected chi connectivity index (χ3v) is 3.73. The molecule has 3 atom stereocenters. The van der Waals surface area contributed by atoms with E-state index >= 15 is 0 Å². The van der Waals surface area contributed by atoms with E-state index in [0.717, 1.165) is 25.7 Å². The van der Waals surface area contributed by atoms with Crippen molar-refractivity contribution in [1.82, 2.24) is 0 Å². The summed E-state index contributed by atoms with van der Waals surface area (Å²) in [7, 11) is 1.54. The van der Waals surface area contributed by atoms with Crippen molar-refractivity contribution in [1.29, 1.82) is 5.26 Å². The minimum Gasteiger partial charge on any atom is -0.455 e. The van der Waals surface area contributed by atoms with Gasteiger partial charge in [-0.05, 0) is 12.8 Å². The molecule has 18 heavy (non-hydrogen) atoms. The van der Waals surface area contributed by atoms with Gasteiger partial charge in [0.05, 0.1) is 18.6 Å². The predicted molar refractivity (Wildman–Crippen MR) is 62.6 cm³/mol. The van der Waals surface area contributed by atoms with E-state index in [4.69, 9.17) is 19.5 Å². The van der Waals surface area contributed by atoms with E-state index < -0.39 is 12.2 Å². The van der Waals surface area contributed by atoms with E-state index in [1.165, 1.54) is 13.5 Å². The van der Waals surface area contributed by atoms with E-state index in [2.05, 4.69) is 0 Å². The quantitative estimate of drug-likeness (QED) is 0.711. The van der Waals surface area contributed by atoms with Gasteiger partial charge in [-0.3, -0.25) is 4.79 Å². The van der Waals surface area contributed by atoms with Gasteiger partial charge in [0.2, 0.25) is 0 Å². The van der Waals surface area contributed by atoms with Gasteiger partial charge in [-0.15, -0.1) is 0 Å². The lowest BCUT2D eigenvalue weighted by Gasteiger charge is -2.24. The van der Waals surface area contributed by atoms with Crippen LogP contribution in [-0.2, 0) is 19.0 Å². The second-order valence-corrected chi connectivity index (χ2v) is 4.89. The van der Waals surface area contributed by atoms with Crippen LogP contribution in [0.3, 0.4) is 0 Å². The molecule has 0 aromatic heterocycles. The maximum absolute atomic E-state index is 12.0. The number of nitriles is 1. The average molecular weight is 253 g/mol. The first-order chi connectivity index (χ1) is 8.76. The van der Waals surface area contributed by atoms with Crippen LogP contribution in [0.15, 0.2) is 0 Å². The number of hydrogen-bond acceptors (Lipinski definition) is 5. The molecule has 0 spiro atoms. The zero-order chi connectivity index (χ0) is 13.0. The van der Waals surface area contributed by atoms with Gasteiger partial charge in [-0.2, -0.15) is 5.26 Å². The van der Waals surface area contributed by atoms with Crippen LogP contribution in [0.4, 0.5) is 0 Å². The molecule has 2 rings (SSSR count). The Morgan fingerprint density at radius 1 is 1.33 bits per heavy atom. The molecule has 0 amide bonds. The first-order valence-electron chi connectivity index (χ1n) is 6.50. The third-order valence-electron chi connectivity index (χ3n) is 3.73. The summed E-state index contributed by atoms with van der Waals surface area (Å²) < 4.78 is 15.9. The van der Waals surface area contributed by atoms with Crippen LogP contribution in [0, 0.1) is 17.2 Å². The zero-order valence-electron chi connectivity index (χ0n) is 10.6. The molecule has 1 saturated carbocycles. The largest absolute Gasteiger partial charge is 0.455 e. The third kappa shape index (κ3) is 2.82. The summed E-state index contributed by atoms with van der Waals surface area (Å²) in [6.07, 6.45) is 3.51. The summed E-state index contributed by atoms with van der Waals surface area (Å²) in [4.78, 5) is 12.0. The highest BCUT2D eigenvalue weighted by atomic mass is 16.6. The second-order valence-electron chi connectivity index (χ2n) is 4.89. The zero-order valence-corrected chi connectivity index (χ0v) is 10.6. The fraction of sp³-hybridized carbons (Fsp3) is 0.846. The van der Waals surface area contributed by atoms with Crippen LogP contribution in [0.1, 0.15) is 32.1 Å². The standard InChI is InChI=1S/C13H19NO4/c1-16-11-8-17-10(7-14)12(11)18-13(15)9-5-3-2-4-6-9/h9-12H,2-6,8H2,1H3. The highest BCUT2D eigenvalue weighted by Gasteiger charge is 2.41. The Kier molecular flexibility index (Phi) is 4.56. The minimum atomic E-state index is -0.706. The summed E-state index contributed by atoms with van der Waals surface area (Å²) in [5.74, 6) is -0.219. The second kappa shape index (κ2) is 6.17. The van der Waals surface area contributed by atoms with Crippen molar-refractivity contribution in [3.63, 3.8) is 0 Å². The van der Waals surface area contributed by atoms with Crippen LogP contribution in [0.25, 0.3) is 0 Å². The van der Waals surface area contributed by atoms with Crippen molar-refractivity contribution in [2.24, 2.45) is 5.92 Å². The number of hydrogen-bond donors (Lipinski definition) is 0. The smallest absolute Gasteiger partial charge is 0.309 e. The maximum Gasteiger partial charge on any atom is 0.309 e. The first kappa shape index (κ1) is 13.3. The Labute approximate surface area is 107 Å². The molecule has 5 nitrogen and oxygen atoms in total. The van der Waals surface area contributed by atoms with Crippen LogP contribution < -0.4 is 0 Å². The monoisotopic (exact) mass is 253 g/mol. The summed E-state index contributed by atoms with van der Waals surface area (Å²) in [6.45, 7) is 0.303. The summed E-state index contributed by atoms with van der Waals surface area (Å²) >= 11 is 0. The number of ether oxygens (including phenoxy) is 3. The molecular weight excluding hydrogens is 234 g/mol. The van der Waals surface area contributed by atoms with E-state index in [0.29, 0.717) is 6.61 Å². The Hall–Kier alpha value is -1.12. The first-order valence-corrected chi connectivity index (χ1v) is 6.50. The fourth-order valence-electron chi connectivity index (χ4n) is 2.60. The van der Waals surface area contributed by atoms with Crippen LogP contribution in [-0.4, -0.2) is 38.0 Å². The Bertz CT molecular complexity index is 332. The molecule has 3 unspecified atom stereocenters. The van der Waals surface area contributed by atoms with Gasteiger partial charge in [0.1, 0.15) is 6.10 Å². The molecule has 0 aromatic carbocycles. The summed E-state index contributed by atoms with van der Waals surface area (Å²) in [5, 5.41) is 8.95. The van der Waals surface area contributed by atoms with E-state index in [1.54, 1.807) is 0 Å². The lowest BCUT2D eigenvalue weighted by atomic mass is 9.89. The topological polar surface area (TPSA) is 68.6 Å². The Balaban J connectivity index is 1.93. The van der Waals surface area contributed by atoms with Gasteiger partial charge in [0.15, 0.2) is 12.2 Å². The van der Waals surface area contributed by atoms with Crippen molar-refractivity contribution in [3.05, 3.63) is 0 Å². The van der Waals surface area contributed by atoms with Crippen LogP contribution in [0.2, 0.25) is 0 Å². The van der Waals surface area contributed by atoms with Crippen LogP contribution >= 0.6 is 0 Å². The molecule has 2 fully saturated rings. The molecular formula is C13H19NO4. The van der Waals surface area contributed by atoms with Crippen molar-refractivity contribution < 1.29 is 19.0 Å². The maximum atomic E-state index is 12.0. The van der Waals surface area contributed by atoms with Crippen molar-refractivity contribution in [2.75, 3.05) is 13.7 Å². The molecule has 0 bridgehead atoms. The molecule has 100 valence electrons. The van der Waals surface area contributed by atoms with E-state index in [1.807, 2.05) is 6.07 Å². The minimum absolute atomic E-state index is 0.0174. The normalized spacial score (nSPS) is 33.0. The predicted octanol–water partition coefficient (Wildman–Crippen LogP) is 1.42. The van der Waals surface area contributed by atoms with Gasteiger partial charge in [-0.1, -0.05) is 19.3 Å². The average Bonchev–Trinajstić information content (AvgIpc) is 2.81. The molecule has 0 aromatic rings. The molecule has 0 N–H and O–H groups in total. The van der Waals surface area contributed by atoms with Crippen molar-refractivity contribution in [3.8, 4) is 6.07 Å². The molecule has 0 radical (unpaired) electrons. The van der Waals surface area contributed by atoms with E-state index in [-0.39, 0.29) is 18.0 Å². The van der Waals surface area contributed by atoms with Crippen molar-refractivity contribution >= 4 is 5.97 Å². The number of methoxy groups -OCH3 is 1. The van der Waals surface area contributed by atoms with Gasteiger partial charge in [0.25, 0.3) is 0 Å². The number of rotatable bonds is 3. The highest BCUT2D eigenvalue weighted by Crippen LogP contribution is 2.27. The van der Waals surface area contributed by atoms with E-state index in [9.17, 15) is 4.79 Å². The molecule has 5 heteroatoms. The molecule has 1 saturated heterocycles. The van der Waals surface area contributed by atoms with Crippen molar-refractivity contribution in [2.45, 2.75) is 50.4 Å². The highest BCUT2D eigenvalue weighted by molar-refractivity contribution is 5.72. The van der Waals surface area contributed by atoms with Gasteiger partial charge in [-0.25, -0.2) is 0 Å². The Morgan fingerprint density at radius 2 is 2.06 bits per heavy atom. The molecule has 2 aliphatic rings. The molecule has 1 aliphatic carbocycles. The van der Waals surface area contributed by atoms with Gasteiger partial charge >= 0.3 is 5.97 Å². The number of carbonyl (C=O) groups is 1. The summed E-state index contributed by atoms with van der Waals surface area (Å²) in [5.41, 5.74) is 0. The Morgan fingerprint density at radius 3 is 2.67 bits per heavy atom. The van der Waals surface area contributed by atoms with Gasteiger partial charge in [0, 0.05) is 7.11 Å². The molecule has 1 aliphatic heterocycles. The van der Waals surface area contributed by atoms with Crippen LogP contribution in [0.5, 0.6) is 0 Å².